The first-order chi connectivity index (χ1) is 5.69. The summed E-state index contributed by atoms with van der Waals surface area (Å²) in [6.07, 6.45) is 1.40. The highest BCUT2D eigenvalue weighted by molar-refractivity contribution is 5.70. The number of anilines is 2. The zero-order chi connectivity index (χ0) is 9.14. The number of halogens is 1. The average molecular weight is 168 g/mol. The lowest BCUT2D eigenvalue weighted by molar-refractivity contribution is 0.610. The summed E-state index contributed by atoms with van der Waals surface area (Å²) in [6.45, 7) is 5.09. The van der Waals surface area contributed by atoms with E-state index in [2.05, 4.69) is 16.5 Å². The van der Waals surface area contributed by atoms with Crippen molar-refractivity contribution in [1.29, 1.82) is 0 Å². The molecule has 0 aromatic carbocycles. The van der Waals surface area contributed by atoms with E-state index in [0.717, 1.165) is 0 Å². The minimum absolute atomic E-state index is 0.0509. The Hall–Kier alpha value is -1.65. The van der Waals surface area contributed by atoms with E-state index in [0.29, 0.717) is 11.4 Å². The van der Waals surface area contributed by atoms with Crippen LogP contribution >= 0.6 is 0 Å². The van der Waals surface area contributed by atoms with Crippen LogP contribution in [0.25, 0.3) is 6.08 Å². The Morgan fingerprint density at radius 3 is 2.75 bits per heavy atom. The van der Waals surface area contributed by atoms with E-state index in [9.17, 15) is 4.48 Å². The fourth-order valence-corrected chi connectivity index (χ4v) is 0.876. The number of nitrogens with zero attached hydrogens (tertiary/aromatic N) is 2. The van der Waals surface area contributed by atoms with E-state index in [1.807, 2.05) is 0 Å². The van der Waals surface area contributed by atoms with Crippen LogP contribution in [0, 0.1) is 6.92 Å². The number of hydrogen-bond donors (Lipinski definition) is 2. The first-order valence-corrected chi connectivity index (χ1v) is 3.32. The van der Waals surface area contributed by atoms with Gasteiger partial charge in [-0.25, -0.2) is 15.5 Å². The maximum Gasteiger partial charge on any atom is 0.167 e. The number of nitrogens with two attached hydrogens (primary N) is 1. The number of hydrogen-bond acceptors (Lipinski definition) is 4. The molecule has 1 aromatic rings. The Bertz CT molecular complexity index is 311. The molecule has 0 unspecified atom stereocenters. The first-order valence-electron chi connectivity index (χ1n) is 3.32. The van der Waals surface area contributed by atoms with Crippen LogP contribution in [-0.2, 0) is 0 Å². The van der Waals surface area contributed by atoms with E-state index >= 15 is 0 Å². The smallest absolute Gasteiger partial charge is 0.167 e. The Morgan fingerprint density at radius 1 is 1.58 bits per heavy atom. The van der Waals surface area contributed by atoms with Crippen molar-refractivity contribution in [2.45, 2.75) is 6.92 Å². The Kier molecular flexibility index (Phi) is 2.23. The predicted molar refractivity (Wildman–Crippen MR) is 46.0 cm³/mol. The molecule has 0 saturated heterocycles. The maximum absolute atomic E-state index is 12.1. The molecular weight excluding hydrogens is 159 g/mol. The van der Waals surface area contributed by atoms with Gasteiger partial charge in [-0.05, 0) is 6.92 Å². The molecule has 0 bridgehead atoms. The van der Waals surface area contributed by atoms with Crippen LogP contribution in [0.2, 0.25) is 0 Å². The van der Waals surface area contributed by atoms with Gasteiger partial charge >= 0.3 is 0 Å². The van der Waals surface area contributed by atoms with Crippen molar-refractivity contribution in [3.05, 3.63) is 18.0 Å². The van der Waals surface area contributed by atoms with Gasteiger partial charge in [0.25, 0.3) is 0 Å². The fourth-order valence-electron chi connectivity index (χ4n) is 0.876. The maximum atomic E-state index is 12.1. The number of rotatable bonds is 2. The molecule has 0 atom stereocenters. The van der Waals surface area contributed by atoms with Crippen molar-refractivity contribution < 1.29 is 4.48 Å². The van der Waals surface area contributed by atoms with E-state index in [4.69, 9.17) is 5.73 Å². The van der Waals surface area contributed by atoms with Gasteiger partial charge in [-0.1, -0.05) is 12.7 Å². The quantitative estimate of drug-likeness (QED) is 0.653. The highest BCUT2D eigenvalue weighted by Crippen LogP contribution is 2.19. The van der Waals surface area contributed by atoms with Crippen LogP contribution in [0.15, 0.2) is 6.58 Å². The van der Waals surface area contributed by atoms with Gasteiger partial charge in [-0.2, -0.15) is 0 Å². The Labute approximate surface area is 69.3 Å². The van der Waals surface area contributed by atoms with E-state index in [1.54, 1.807) is 6.92 Å². The van der Waals surface area contributed by atoms with Crippen molar-refractivity contribution in [2.75, 3.05) is 11.3 Å². The number of aromatic nitrogens is 2. The lowest BCUT2D eigenvalue weighted by Crippen LogP contribution is -2.02. The van der Waals surface area contributed by atoms with Crippen LogP contribution in [0.1, 0.15) is 11.4 Å². The zero-order valence-electron chi connectivity index (χ0n) is 6.63. The summed E-state index contributed by atoms with van der Waals surface area (Å²) in [5.74, 6) is 0.686. The molecule has 1 aromatic heterocycles. The summed E-state index contributed by atoms with van der Waals surface area (Å²) in [6, 6.07) is 0. The molecule has 0 aliphatic carbocycles. The van der Waals surface area contributed by atoms with Crippen LogP contribution in [0.3, 0.4) is 0 Å². The molecule has 12 heavy (non-hydrogen) atoms. The number of nitrogen functional groups attached to an aromatic ring is 1. The van der Waals surface area contributed by atoms with Gasteiger partial charge in [-0.3, -0.25) is 0 Å². The summed E-state index contributed by atoms with van der Waals surface area (Å²) < 4.78 is 12.1. The van der Waals surface area contributed by atoms with Crippen LogP contribution in [0.4, 0.5) is 16.1 Å². The second-order valence-corrected chi connectivity index (χ2v) is 2.22. The molecule has 3 N–H and O–H groups in total. The molecule has 1 heterocycles. The third-order valence-electron chi connectivity index (χ3n) is 1.38. The summed E-state index contributed by atoms with van der Waals surface area (Å²) in [5.41, 5.74) is 7.28. The van der Waals surface area contributed by atoms with Crippen LogP contribution < -0.4 is 11.3 Å². The number of aryl methyl sites for hydroxylation is 1. The van der Waals surface area contributed by atoms with Gasteiger partial charge in [0.1, 0.15) is 11.6 Å². The zero-order valence-corrected chi connectivity index (χ0v) is 6.63. The molecular formula is C7H9FN4. The van der Waals surface area contributed by atoms with Crippen molar-refractivity contribution in [3.63, 3.8) is 0 Å². The second-order valence-electron chi connectivity index (χ2n) is 2.22. The number of nitrogens with one attached hydrogen (secondary N) is 1. The topological polar surface area (TPSA) is 63.8 Å². The molecule has 0 saturated carbocycles. The summed E-state index contributed by atoms with van der Waals surface area (Å²) in [5, 5.41) is 0. The summed E-state index contributed by atoms with van der Waals surface area (Å²) in [7, 11) is 0. The van der Waals surface area contributed by atoms with Crippen LogP contribution in [-0.4, -0.2) is 9.97 Å². The first kappa shape index (κ1) is 8.45. The minimum atomic E-state index is 0.0509. The largest absolute Gasteiger partial charge is 0.383 e. The van der Waals surface area contributed by atoms with Gasteiger partial charge < -0.3 is 5.73 Å². The molecule has 0 aliphatic rings. The highest BCUT2D eigenvalue weighted by Gasteiger charge is 2.06. The van der Waals surface area contributed by atoms with Crippen LogP contribution in [0.5, 0.6) is 0 Å². The standard InChI is InChI=1S/C7H9FN4/c1-3-5-6(9)10-4(2)11-7(5)12-8/h3H,1H2,2H3,(H3,9,10,11,12). The van der Waals surface area contributed by atoms with Gasteiger partial charge in [0.15, 0.2) is 5.82 Å². The molecule has 5 heteroatoms. The minimum Gasteiger partial charge on any atom is -0.383 e. The average Bonchev–Trinajstić information content (AvgIpc) is 2.03. The predicted octanol–water partition coefficient (Wildman–Crippen LogP) is 1.31. The van der Waals surface area contributed by atoms with E-state index < -0.39 is 0 Å². The third kappa shape index (κ3) is 1.34. The molecule has 4 nitrogen and oxygen atoms in total. The molecule has 0 amide bonds. The normalized spacial score (nSPS) is 9.50. The molecule has 0 radical (unpaired) electrons. The third-order valence-corrected chi connectivity index (χ3v) is 1.38. The lowest BCUT2D eigenvalue weighted by atomic mass is 10.3. The molecule has 64 valence electrons. The Balaban J connectivity index is 3.33. The molecule has 1 rings (SSSR count). The van der Waals surface area contributed by atoms with E-state index in [-0.39, 0.29) is 11.6 Å². The van der Waals surface area contributed by atoms with Gasteiger partial charge in [0, 0.05) is 0 Å². The molecule has 0 aliphatic heterocycles. The highest BCUT2D eigenvalue weighted by atomic mass is 19.2. The second kappa shape index (κ2) is 3.17. The van der Waals surface area contributed by atoms with Crippen molar-refractivity contribution in [1.82, 2.24) is 9.97 Å². The fraction of sp³-hybridized carbons (Fsp3) is 0.143. The van der Waals surface area contributed by atoms with Gasteiger partial charge in [0.05, 0.1) is 5.56 Å². The van der Waals surface area contributed by atoms with Gasteiger partial charge in [-0.15, -0.1) is 4.48 Å². The Morgan fingerprint density at radius 2 is 2.25 bits per heavy atom. The molecule has 0 spiro atoms. The summed E-state index contributed by atoms with van der Waals surface area (Å²) >= 11 is 0. The van der Waals surface area contributed by atoms with Gasteiger partial charge in [0.2, 0.25) is 0 Å². The molecule has 0 fully saturated rings. The van der Waals surface area contributed by atoms with Crippen molar-refractivity contribution in [2.24, 2.45) is 0 Å². The van der Waals surface area contributed by atoms with Crippen molar-refractivity contribution in [3.8, 4) is 0 Å². The lowest BCUT2D eigenvalue weighted by Gasteiger charge is -2.04. The van der Waals surface area contributed by atoms with Crippen molar-refractivity contribution >= 4 is 17.7 Å². The summed E-state index contributed by atoms with van der Waals surface area (Å²) in [4.78, 5) is 7.62. The van der Waals surface area contributed by atoms with E-state index in [1.165, 1.54) is 11.6 Å². The SMILES string of the molecule is C=Cc1c(N)nc(C)nc1NF. The monoisotopic (exact) mass is 168 g/mol.